The van der Waals surface area contributed by atoms with Crippen LogP contribution in [0.25, 0.3) is 33.2 Å². The van der Waals surface area contributed by atoms with Gasteiger partial charge in [-0.3, -0.25) is 4.98 Å². The third-order valence-corrected chi connectivity index (χ3v) is 3.85. The number of nitrogens with zero attached hydrogens (tertiary/aromatic N) is 1. The molecular weight excluding hydrogens is 250 g/mol. The van der Waals surface area contributed by atoms with E-state index in [0.717, 1.165) is 44.7 Å². The van der Waals surface area contributed by atoms with E-state index in [1.54, 1.807) is 14.2 Å². The van der Waals surface area contributed by atoms with Crippen LogP contribution in [0.3, 0.4) is 0 Å². The van der Waals surface area contributed by atoms with Gasteiger partial charge in [-0.15, -0.1) is 0 Å². The average molecular weight is 263 g/mol. The fourth-order valence-electron chi connectivity index (χ4n) is 3.03. The first-order chi connectivity index (χ1) is 9.85. The van der Waals surface area contributed by atoms with Gasteiger partial charge in [-0.2, -0.15) is 0 Å². The SMILES string of the molecule is COc1cc2ccnc3c2c(c1OC)-c1ccccc1-3. The van der Waals surface area contributed by atoms with Crippen molar-refractivity contribution in [3.05, 3.63) is 42.6 Å². The standard InChI is InChI=1S/C17H13NO2/c1-19-13-9-10-7-8-18-16-12-6-4-3-5-11(12)15(14(10)16)17(13)20-2/h3-9H,1-2H3. The van der Waals surface area contributed by atoms with Gasteiger partial charge >= 0.3 is 0 Å². The van der Waals surface area contributed by atoms with Crippen LogP contribution in [-0.2, 0) is 0 Å². The van der Waals surface area contributed by atoms with Crippen molar-refractivity contribution in [1.82, 2.24) is 4.98 Å². The van der Waals surface area contributed by atoms with E-state index in [9.17, 15) is 0 Å². The van der Waals surface area contributed by atoms with Crippen LogP contribution in [0.5, 0.6) is 11.5 Å². The highest BCUT2D eigenvalue weighted by molar-refractivity contribution is 6.16. The molecule has 0 unspecified atom stereocenters. The molecule has 1 aromatic heterocycles. The van der Waals surface area contributed by atoms with Gasteiger partial charge in [0.15, 0.2) is 11.5 Å². The van der Waals surface area contributed by atoms with E-state index in [1.807, 2.05) is 30.5 Å². The highest BCUT2D eigenvalue weighted by Crippen LogP contribution is 2.53. The summed E-state index contributed by atoms with van der Waals surface area (Å²) in [5.74, 6) is 1.53. The number of hydrogen-bond donors (Lipinski definition) is 0. The first-order valence-corrected chi connectivity index (χ1v) is 6.48. The molecule has 4 rings (SSSR count). The molecule has 0 aliphatic heterocycles. The molecule has 1 heterocycles. The number of benzene rings is 2. The molecule has 20 heavy (non-hydrogen) atoms. The Morgan fingerprint density at radius 3 is 2.50 bits per heavy atom. The van der Waals surface area contributed by atoms with Crippen LogP contribution < -0.4 is 9.47 Å². The quantitative estimate of drug-likeness (QED) is 0.549. The van der Waals surface area contributed by atoms with E-state index in [-0.39, 0.29) is 0 Å². The number of ether oxygens (including phenoxy) is 2. The lowest BCUT2D eigenvalue weighted by Crippen LogP contribution is -1.93. The topological polar surface area (TPSA) is 31.4 Å². The first-order valence-electron chi connectivity index (χ1n) is 6.48. The van der Waals surface area contributed by atoms with Gasteiger partial charge in [-0.1, -0.05) is 24.3 Å². The van der Waals surface area contributed by atoms with E-state index in [1.165, 1.54) is 0 Å². The minimum absolute atomic E-state index is 0.754. The molecular formula is C17H13NO2. The number of pyridine rings is 1. The van der Waals surface area contributed by atoms with Gasteiger partial charge in [0.1, 0.15) is 0 Å². The predicted octanol–water partition coefficient (Wildman–Crippen LogP) is 3.90. The number of aromatic nitrogens is 1. The zero-order valence-corrected chi connectivity index (χ0v) is 11.3. The number of hydrogen-bond acceptors (Lipinski definition) is 3. The molecule has 0 radical (unpaired) electrons. The predicted molar refractivity (Wildman–Crippen MR) is 79.3 cm³/mol. The first kappa shape index (κ1) is 11.3. The smallest absolute Gasteiger partial charge is 0.169 e. The van der Waals surface area contributed by atoms with Crippen molar-refractivity contribution >= 4 is 10.8 Å². The lowest BCUT2D eigenvalue weighted by Gasteiger charge is -2.13. The van der Waals surface area contributed by atoms with Gasteiger partial charge < -0.3 is 9.47 Å². The molecule has 0 atom stereocenters. The number of fused-ring (bicyclic) bond motifs is 3. The highest BCUT2D eigenvalue weighted by Gasteiger charge is 2.27. The van der Waals surface area contributed by atoms with E-state index < -0.39 is 0 Å². The molecule has 0 bridgehead atoms. The zero-order valence-electron chi connectivity index (χ0n) is 11.3. The van der Waals surface area contributed by atoms with Crippen molar-refractivity contribution < 1.29 is 9.47 Å². The van der Waals surface area contributed by atoms with Crippen LogP contribution in [-0.4, -0.2) is 19.2 Å². The van der Waals surface area contributed by atoms with E-state index in [2.05, 4.69) is 17.1 Å². The second kappa shape index (κ2) is 3.97. The molecule has 3 aromatic rings. The van der Waals surface area contributed by atoms with Gasteiger partial charge in [0.2, 0.25) is 0 Å². The van der Waals surface area contributed by atoms with Gasteiger partial charge in [-0.25, -0.2) is 0 Å². The lowest BCUT2D eigenvalue weighted by molar-refractivity contribution is 0.357. The monoisotopic (exact) mass is 263 g/mol. The Labute approximate surface area is 116 Å². The maximum Gasteiger partial charge on any atom is 0.169 e. The van der Waals surface area contributed by atoms with E-state index in [0.29, 0.717) is 0 Å². The summed E-state index contributed by atoms with van der Waals surface area (Å²) >= 11 is 0. The molecule has 2 aromatic carbocycles. The molecule has 0 N–H and O–H groups in total. The van der Waals surface area contributed by atoms with Crippen molar-refractivity contribution in [3.8, 4) is 33.9 Å². The summed E-state index contributed by atoms with van der Waals surface area (Å²) in [5, 5.41) is 2.27. The molecule has 3 heteroatoms. The Bertz CT molecular complexity index is 840. The molecule has 0 saturated heterocycles. The van der Waals surface area contributed by atoms with Gasteiger partial charge in [0.05, 0.1) is 19.9 Å². The van der Waals surface area contributed by atoms with Crippen LogP contribution in [0.1, 0.15) is 0 Å². The van der Waals surface area contributed by atoms with Crippen molar-refractivity contribution in [1.29, 1.82) is 0 Å². The van der Waals surface area contributed by atoms with E-state index >= 15 is 0 Å². The largest absolute Gasteiger partial charge is 0.493 e. The minimum atomic E-state index is 0.754. The van der Waals surface area contributed by atoms with Crippen molar-refractivity contribution in [2.24, 2.45) is 0 Å². The van der Waals surface area contributed by atoms with E-state index in [4.69, 9.17) is 9.47 Å². The summed E-state index contributed by atoms with van der Waals surface area (Å²) < 4.78 is 11.1. The van der Waals surface area contributed by atoms with Gasteiger partial charge in [0.25, 0.3) is 0 Å². The zero-order chi connectivity index (χ0) is 13.7. The van der Waals surface area contributed by atoms with Gasteiger partial charge in [-0.05, 0) is 23.1 Å². The van der Waals surface area contributed by atoms with Gasteiger partial charge in [0, 0.05) is 22.7 Å². The molecule has 0 fully saturated rings. The van der Waals surface area contributed by atoms with Crippen molar-refractivity contribution in [2.75, 3.05) is 14.2 Å². The summed E-state index contributed by atoms with van der Waals surface area (Å²) in [7, 11) is 3.34. The highest BCUT2D eigenvalue weighted by atomic mass is 16.5. The van der Waals surface area contributed by atoms with Crippen LogP contribution in [0.15, 0.2) is 42.6 Å². The summed E-state index contributed by atoms with van der Waals surface area (Å²) in [5.41, 5.74) is 4.41. The second-order valence-corrected chi connectivity index (χ2v) is 4.79. The summed E-state index contributed by atoms with van der Waals surface area (Å²) in [6.45, 7) is 0. The Kier molecular flexibility index (Phi) is 2.24. The molecule has 98 valence electrons. The van der Waals surface area contributed by atoms with Crippen LogP contribution in [0.4, 0.5) is 0 Å². The Morgan fingerprint density at radius 1 is 0.950 bits per heavy atom. The maximum absolute atomic E-state index is 5.60. The summed E-state index contributed by atoms with van der Waals surface area (Å²) in [6, 6.07) is 12.3. The van der Waals surface area contributed by atoms with Crippen LogP contribution >= 0.6 is 0 Å². The molecule has 3 nitrogen and oxygen atoms in total. The summed E-state index contributed by atoms with van der Waals surface area (Å²) in [6.07, 6.45) is 1.84. The van der Waals surface area contributed by atoms with Crippen molar-refractivity contribution in [3.63, 3.8) is 0 Å². The molecule has 0 amide bonds. The Hall–Kier alpha value is -2.55. The van der Waals surface area contributed by atoms with Crippen molar-refractivity contribution in [2.45, 2.75) is 0 Å². The fraction of sp³-hybridized carbons (Fsp3) is 0.118. The normalized spacial score (nSPS) is 11.5. The second-order valence-electron chi connectivity index (χ2n) is 4.79. The molecule has 0 spiro atoms. The third-order valence-electron chi connectivity index (χ3n) is 3.85. The lowest BCUT2D eigenvalue weighted by atomic mass is 10.0. The maximum atomic E-state index is 5.60. The Balaban J connectivity index is 2.25. The third kappa shape index (κ3) is 1.27. The molecule has 1 aliphatic rings. The minimum Gasteiger partial charge on any atom is -0.493 e. The molecule has 1 aliphatic carbocycles. The average Bonchev–Trinajstić information content (AvgIpc) is 2.84. The number of rotatable bonds is 2. The number of methoxy groups -OCH3 is 2. The van der Waals surface area contributed by atoms with Crippen LogP contribution in [0.2, 0.25) is 0 Å². The summed E-state index contributed by atoms with van der Waals surface area (Å²) in [4.78, 5) is 4.55. The van der Waals surface area contributed by atoms with Crippen LogP contribution in [0, 0.1) is 0 Å². The fourth-order valence-corrected chi connectivity index (χ4v) is 3.03. The Morgan fingerprint density at radius 2 is 1.75 bits per heavy atom. The molecule has 0 saturated carbocycles.